The summed E-state index contributed by atoms with van der Waals surface area (Å²) in [6, 6.07) is 17.4. The lowest BCUT2D eigenvalue weighted by atomic mass is 9.95. The van der Waals surface area contributed by atoms with Crippen molar-refractivity contribution in [3.8, 4) is 11.5 Å². The molecule has 8 nitrogen and oxygen atoms in total. The lowest BCUT2D eigenvalue weighted by molar-refractivity contribution is -0.132. The molecular weight excluding hydrogens is 614 g/mol. The molecule has 5 rings (SSSR count). The van der Waals surface area contributed by atoms with Crippen LogP contribution in [0.4, 0.5) is 9.52 Å². The Morgan fingerprint density at radius 1 is 1.02 bits per heavy atom. The van der Waals surface area contributed by atoms with E-state index in [0.717, 1.165) is 12.0 Å². The van der Waals surface area contributed by atoms with Crippen LogP contribution < -0.4 is 14.4 Å². The normalized spacial score (nSPS) is 16.0. The van der Waals surface area contributed by atoms with Crippen LogP contribution in [0.15, 0.2) is 76.6 Å². The van der Waals surface area contributed by atoms with E-state index in [2.05, 4.69) is 24.0 Å². The molecule has 11 heteroatoms. The number of aromatic nitrogens is 2. The number of halogens is 1. The zero-order valence-electron chi connectivity index (χ0n) is 25.5. The molecule has 1 aliphatic heterocycles. The minimum absolute atomic E-state index is 0.147. The average Bonchev–Trinajstić information content (AvgIpc) is 3.59. The summed E-state index contributed by atoms with van der Waals surface area (Å²) in [5.74, 6) is -0.584. The molecule has 4 aromatic rings. The molecule has 1 aliphatic rings. The maximum atomic E-state index is 13.7. The number of ether oxygens (including phenoxy) is 2. The monoisotopic (exact) mass is 647 g/mol. The van der Waals surface area contributed by atoms with E-state index < -0.39 is 29.3 Å². The van der Waals surface area contributed by atoms with Gasteiger partial charge in [0.05, 0.1) is 24.8 Å². The molecule has 1 amide bonds. The minimum atomic E-state index is -1.05. The first kappa shape index (κ1) is 32.2. The van der Waals surface area contributed by atoms with E-state index in [1.54, 1.807) is 18.2 Å². The van der Waals surface area contributed by atoms with E-state index in [4.69, 9.17) is 9.47 Å². The molecule has 2 heterocycles. The van der Waals surface area contributed by atoms with Crippen molar-refractivity contribution in [2.45, 2.75) is 50.3 Å². The maximum Gasteiger partial charge on any atom is 0.301 e. The Balaban J connectivity index is 1.55. The molecule has 1 aromatic heterocycles. The third kappa shape index (κ3) is 7.37. The van der Waals surface area contributed by atoms with E-state index in [0.29, 0.717) is 46.3 Å². The van der Waals surface area contributed by atoms with Gasteiger partial charge in [0.2, 0.25) is 5.13 Å². The number of nitrogens with zero attached hydrogens (tertiary/aromatic N) is 3. The third-order valence-corrected chi connectivity index (χ3v) is 9.31. The van der Waals surface area contributed by atoms with Gasteiger partial charge in [-0.05, 0) is 73.7 Å². The van der Waals surface area contributed by atoms with Gasteiger partial charge in [-0.3, -0.25) is 14.5 Å². The lowest BCUT2D eigenvalue weighted by Crippen LogP contribution is -2.29. The quantitative estimate of drug-likeness (QED) is 0.0548. The van der Waals surface area contributed by atoms with E-state index in [9.17, 15) is 19.1 Å². The molecule has 1 N–H and O–H groups in total. The number of ketones is 1. The maximum absolute atomic E-state index is 13.7. The van der Waals surface area contributed by atoms with Crippen LogP contribution in [0.5, 0.6) is 11.5 Å². The van der Waals surface area contributed by atoms with Crippen LogP contribution in [-0.4, -0.2) is 40.2 Å². The standard InChI is InChI=1S/C34H34FN3O5S2/c1-5-42-27-18-24(12-15-26(27)43-17-16-20(2)3)29-28(30(39)23-10-13-25(35)14-11-23)31(40)32(41)38(29)33-36-37-34(45-33)44-19-22-8-6-21(4)7-9-22/h6-15,18,20,29,39H,5,16-17,19H2,1-4H3. The van der Waals surface area contributed by atoms with Crippen LogP contribution in [-0.2, 0) is 15.3 Å². The van der Waals surface area contributed by atoms with Gasteiger partial charge in [0.1, 0.15) is 11.6 Å². The molecule has 1 saturated heterocycles. The number of hydrogen-bond acceptors (Lipinski definition) is 9. The fourth-order valence-corrected chi connectivity index (χ4v) is 6.61. The molecule has 0 spiro atoms. The highest BCUT2D eigenvalue weighted by Gasteiger charge is 2.48. The summed E-state index contributed by atoms with van der Waals surface area (Å²) < 4.78 is 26.2. The number of benzene rings is 3. The summed E-state index contributed by atoms with van der Waals surface area (Å²) in [6.07, 6.45) is 0.854. The summed E-state index contributed by atoms with van der Waals surface area (Å²) in [4.78, 5) is 28.5. The second-order valence-electron chi connectivity index (χ2n) is 11.0. The van der Waals surface area contributed by atoms with Gasteiger partial charge in [-0.2, -0.15) is 0 Å². The molecule has 0 radical (unpaired) electrons. The first-order valence-corrected chi connectivity index (χ1v) is 16.4. The number of anilines is 1. The van der Waals surface area contributed by atoms with Crippen LogP contribution in [0.2, 0.25) is 0 Å². The van der Waals surface area contributed by atoms with Crippen molar-refractivity contribution in [3.63, 3.8) is 0 Å². The predicted octanol–water partition coefficient (Wildman–Crippen LogP) is 7.73. The van der Waals surface area contributed by atoms with Gasteiger partial charge in [-0.1, -0.05) is 72.8 Å². The highest BCUT2D eigenvalue weighted by molar-refractivity contribution is 8.00. The molecule has 45 heavy (non-hydrogen) atoms. The molecule has 0 aliphatic carbocycles. The molecular formula is C34H34FN3O5S2. The summed E-state index contributed by atoms with van der Waals surface area (Å²) in [5, 5.41) is 20.2. The Kier molecular flexibility index (Phi) is 10.2. The second-order valence-corrected chi connectivity index (χ2v) is 13.1. The van der Waals surface area contributed by atoms with Crippen molar-refractivity contribution >= 4 is 45.7 Å². The number of rotatable bonds is 12. The van der Waals surface area contributed by atoms with Gasteiger partial charge in [0, 0.05) is 11.3 Å². The van der Waals surface area contributed by atoms with Crippen molar-refractivity contribution in [2.75, 3.05) is 18.1 Å². The number of hydrogen-bond donors (Lipinski definition) is 1. The molecule has 1 atom stereocenters. The van der Waals surface area contributed by atoms with Crippen LogP contribution in [0, 0.1) is 18.7 Å². The Labute approximate surface area is 269 Å². The number of aliphatic hydroxyl groups excluding tert-OH is 1. The number of amides is 1. The number of carbonyl (C=O) groups excluding carboxylic acids is 2. The molecule has 0 saturated carbocycles. The zero-order chi connectivity index (χ0) is 32.1. The summed E-state index contributed by atoms with van der Waals surface area (Å²) in [7, 11) is 0. The van der Waals surface area contributed by atoms with Crippen molar-refractivity contribution < 1.29 is 28.6 Å². The Morgan fingerprint density at radius 3 is 2.44 bits per heavy atom. The number of Topliss-reactive ketones (excluding diaryl/α,β-unsaturated/α-hetero) is 1. The highest BCUT2D eigenvalue weighted by Crippen LogP contribution is 2.45. The van der Waals surface area contributed by atoms with Gasteiger partial charge < -0.3 is 14.6 Å². The average molecular weight is 648 g/mol. The number of aryl methyl sites for hydroxylation is 1. The number of thioether (sulfide) groups is 1. The van der Waals surface area contributed by atoms with Crippen molar-refractivity contribution in [3.05, 3.63) is 100 Å². The fourth-order valence-electron chi connectivity index (χ4n) is 4.78. The Morgan fingerprint density at radius 2 is 1.76 bits per heavy atom. The summed E-state index contributed by atoms with van der Waals surface area (Å²) in [5.41, 5.74) is 2.83. The second kappa shape index (κ2) is 14.3. The van der Waals surface area contributed by atoms with E-state index in [1.165, 1.54) is 57.8 Å². The smallest absolute Gasteiger partial charge is 0.301 e. The van der Waals surface area contributed by atoms with Gasteiger partial charge in [0.15, 0.2) is 15.8 Å². The predicted molar refractivity (Wildman–Crippen MR) is 174 cm³/mol. The number of aliphatic hydroxyl groups is 1. The Bertz CT molecular complexity index is 1700. The van der Waals surface area contributed by atoms with Gasteiger partial charge in [-0.15, -0.1) is 10.2 Å². The van der Waals surface area contributed by atoms with Crippen LogP contribution in [0.3, 0.4) is 0 Å². The molecule has 3 aromatic carbocycles. The molecule has 0 bridgehead atoms. The van der Waals surface area contributed by atoms with E-state index in [1.807, 2.05) is 38.1 Å². The molecule has 1 unspecified atom stereocenters. The van der Waals surface area contributed by atoms with Crippen LogP contribution in [0.1, 0.15) is 55.5 Å². The number of carbonyl (C=O) groups is 2. The lowest BCUT2D eigenvalue weighted by Gasteiger charge is -2.23. The summed E-state index contributed by atoms with van der Waals surface area (Å²) in [6.45, 7) is 8.95. The minimum Gasteiger partial charge on any atom is -0.507 e. The molecule has 234 valence electrons. The van der Waals surface area contributed by atoms with Crippen LogP contribution >= 0.6 is 23.1 Å². The van der Waals surface area contributed by atoms with Crippen molar-refractivity contribution in [2.24, 2.45) is 5.92 Å². The Hall–Kier alpha value is -4.22. The SMILES string of the molecule is CCOc1cc(C2C(=C(O)c3ccc(F)cc3)C(=O)C(=O)N2c2nnc(SCc3ccc(C)cc3)s2)ccc1OCCC(C)C. The summed E-state index contributed by atoms with van der Waals surface area (Å²) >= 11 is 2.66. The topological polar surface area (TPSA) is 102 Å². The van der Waals surface area contributed by atoms with Crippen LogP contribution in [0.25, 0.3) is 5.76 Å². The third-order valence-electron chi connectivity index (χ3n) is 7.18. The van der Waals surface area contributed by atoms with E-state index >= 15 is 0 Å². The van der Waals surface area contributed by atoms with Gasteiger partial charge in [0.25, 0.3) is 5.78 Å². The van der Waals surface area contributed by atoms with Gasteiger partial charge >= 0.3 is 5.91 Å². The highest BCUT2D eigenvalue weighted by atomic mass is 32.2. The van der Waals surface area contributed by atoms with Crippen molar-refractivity contribution in [1.82, 2.24) is 10.2 Å². The first-order valence-electron chi connectivity index (χ1n) is 14.6. The van der Waals surface area contributed by atoms with Crippen molar-refractivity contribution in [1.29, 1.82) is 0 Å². The fraction of sp³-hybridized carbons (Fsp3) is 0.294. The van der Waals surface area contributed by atoms with Gasteiger partial charge in [-0.25, -0.2) is 4.39 Å². The first-order chi connectivity index (χ1) is 21.7. The van der Waals surface area contributed by atoms with E-state index in [-0.39, 0.29) is 16.3 Å². The molecule has 1 fully saturated rings. The zero-order valence-corrected chi connectivity index (χ0v) is 27.1. The largest absolute Gasteiger partial charge is 0.507 e.